The number of carbonyl (C=O) groups is 2. The molecule has 0 saturated heterocycles. The first-order chi connectivity index (χ1) is 8.58. The topological polar surface area (TPSA) is 88.1 Å². The quantitative estimate of drug-likeness (QED) is 0.503. The minimum Gasteiger partial charge on any atom is -0.462 e. The van der Waals surface area contributed by atoms with Gasteiger partial charge in [-0.25, -0.2) is 9.59 Å². The number of nitrogens with one attached hydrogen (secondary N) is 1. The van der Waals surface area contributed by atoms with Crippen LogP contribution in [-0.2, 0) is 4.74 Å². The van der Waals surface area contributed by atoms with Crippen LogP contribution in [0.15, 0.2) is 29.6 Å². The maximum Gasteiger partial charge on any atom is 0.344 e. The predicted octanol–water partition coefficient (Wildman–Crippen LogP) is 2.01. The van der Waals surface area contributed by atoms with Crippen LogP contribution in [0, 0.1) is 4.91 Å². The summed E-state index contributed by atoms with van der Waals surface area (Å²) in [6.07, 6.45) is 0. The Morgan fingerprint density at radius 1 is 1.33 bits per heavy atom. The van der Waals surface area contributed by atoms with Crippen LogP contribution in [0.1, 0.15) is 17.3 Å². The van der Waals surface area contributed by atoms with Gasteiger partial charge in [0, 0.05) is 12.7 Å². The number of hydrogen-bond donors (Lipinski definition) is 1. The second kappa shape index (κ2) is 6.33. The fourth-order valence-electron chi connectivity index (χ4n) is 1.15. The minimum atomic E-state index is -0.658. The number of ether oxygens (including phenoxy) is 1. The lowest BCUT2D eigenvalue weighted by molar-refractivity contribution is 0.0526. The van der Waals surface area contributed by atoms with Crippen molar-refractivity contribution in [1.29, 1.82) is 0 Å². The van der Waals surface area contributed by atoms with Crippen molar-refractivity contribution in [1.82, 2.24) is 5.01 Å². The standard InChI is InChI=1S/C11H13N3O4/c1-3-18-10(15)8-4-6-9(7-5-8)12-11(16)14(2)13-17/h4-7H,3H2,1-2H3,(H,12,16). The molecule has 0 fully saturated rings. The van der Waals surface area contributed by atoms with Gasteiger partial charge in [0.15, 0.2) is 0 Å². The summed E-state index contributed by atoms with van der Waals surface area (Å²) in [5.74, 6) is -0.429. The third kappa shape index (κ3) is 3.55. The second-order valence-corrected chi connectivity index (χ2v) is 3.33. The molecule has 0 aliphatic heterocycles. The summed E-state index contributed by atoms with van der Waals surface area (Å²) in [6, 6.07) is 5.43. The number of urea groups is 1. The molecular weight excluding hydrogens is 238 g/mol. The lowest BCUT2D eigenvalue weighted by Gasteiger charge is -2.09. The summed E-state index contributed by atoms with van der Waals surface area (Å²) in [6.45, 7) is 2.02. The van der Waals surface area contributed by atoms with Crippen LogP contribution in [0.3, 0.4) is 0 Å². The van der Waals surface area contributed by atoms with Crippen LogP contribution in [0.2, 0.25) is 0 Å². The third-order valence-electron chi connectivity index (χ3n) is 2.06. The molecule has 0 saturated carbocycles. The van der Waals surface area contributed by atoms with Gasteiger partial charge in [0.25, 0.3) is 0 Å². The number of hydrogen-bond acceptors (Lipinski definition) is 5. The van der Waals surface area contributed by atoms with Gasteiger partial charge in [0.1, 0.15) is 0 Å². The summed E-state index contributed by atoms with van der Waals surface area (Å²) in [7, 11) is 1.23. The number of nitroso groups, excluding NO2 is 1. The molecule has 0 unspecified atom stereocenters. The summed E-state index contributed by atoms with van der Waals surface area (Å²) in [5.41, 5.74) is 0.834. The number of rotatable bonds is 4. The van der Waals surface area contributed by atoms with E-state index in [1.807, 2.05) is 0 Å². The highest BCUT2D eigenvalue weighted by molar-refractivity contribution is 5.92. The van der Waals surface area contributed by atoms with Gasteiger partial charge >= 0.3 is 12.0 Å². The molecule has 7 nitrogen and oxygen atoms in total. The molecule has 1 aromatic carbocycles. The average molecular weight is 251 g/mol. The molecule has 0 bridgehead atoms. The molecule has 0 radical (unpaired) electrons. The zero-order valence-corrected chi connectivity index (χ0v) is 10.0. The number of nitrogens with zero attached hydrogens (tertiary/aromatic N) is 2. The lowest BCUT2D eigenvalue weighted by atomic mass is 10.2. The molecule has 7 heteroatoms. The first-order valence-electron chi connectivity index (χ1n) is 5.23. The fraction of sp³-hybridized carbons (Fsp3) is 0.273. The molecule has 0 aromatic heterocycles. The van der Waals surface area contributed by atoms with Crippen LogP contribution in [0.25, 0.3) is 0 Å². The molecule has 0 aliphatic carbocycles. The molecular formula is C11H13N3O4. The smallest absolute Gasteiger partial charge is 0.344 e. The first kappa shape index (κ1) is 13.6. The van der Waals surface area contributed by atoms with Crippen LogP contribution >= 0.6 is 0 Å². The van der Waals surface area contributed by atoms with E-state index in [1.54, 1.807) is 6.92 Å². The van der Waals surface area contributed by atoms with Crippen molar-refractivity contribution in [2.75, 3.05) is 19.0 Å². The molecule has 0 heterocycles. The van der Waals surface area contributed by atoms with E-state index in [-0.39, 0.29) is 0 Å². The van der Waals surface area contributed by atoms with Crippen molar-refractivity contribution < 1.29 is 14.3 Å². The lowest BCUT2D eigenvalue weighted by Crippen LogP contribution is -2.26. The van der Waals surface area contributed by atoms with Gasteiger partial charge in [-0.1, -0.05) is 0 Å². The van der Waals surface area contributed by atoms with Crippen LogP contribution < -0.4 is 5.32 Å². The number of carbonyl (C=O) groups excluding carboxylic acids is 2. The SMILES string of the molecule is CCOC(=O)c1ccc(NC(=O)N(C)N=O)cc1. The van der Waals surface area contributed by atoms with E-state index in [2.05, 4.69) is 10.6 Å². The molecule has 2 amide bonds. The fourth-order valence-corrected chi connectivity index (χ4v) is 1.15. The van der Waals surface area contributed by atoms with E-state index in [4.69, 9.17) is 4.74 Å². The molecule has 0 spiro atoms. The van der Waals surface area contributed by atoms with Crippen LogP contribution in [0.4, 0.5) is 10.5 Å². The molecule has 1 aromatic rings. The number of benzene rings is 1. The maximum absolute atomic E-state index is 11.4. The zero-order valence-electron chi connectivity index (χ0n) is 10.0. The Morgan fingerprint density at radius 3 is 2.44 bits per heavy atom. The number of esters is 1. The monoisotopic (exact) mass is 251 g/mol. The van der Waals surface area contributed by atoms with Crippen molar-refractivity contribution in [3.05, 3.63) is 34.7 Å². The zero-order chi connectivity index (χ0) is 13.5. The van der Waals surface area contributed by atoms with Gasteiger partial charge in [0.05, 0.1) is 17.5 Å². The van der Waals surface area contributed by atoms with Gasteiger partial charge in [-0.05, 0) is 31.2 Å². The summed E-state index contributed by atoms with van der Waals surface area (Å²) < 4.78 is 4.81. The molecule has 0 aliphatic rings. The van der Waals surface area contributed by atoms with E-state index in [1.165, 1.54) is 31.3 Å². The largest absolute Gasteiger partial charge is 0.462 e. The highest BCUT2D eigenvalue weighted by Gasteiger charge is 2.09. The minimum absolute atomic E-state index is 0.299. The highest BCUT2D eigenvalue weighted by Crippen LogP contribution is 2.11. The van der Waals surface area contributed by atoms with Crippen molar-refractivity contribution in [2.24, 2.45) is 5.29 Å². The Labute approximate surface area is 104 Å². The Kier molecular flexibility index (Phi) is 4.79. The predicted molar refractivity (Wildman–Crippen MR) is 65.0 cm³/mol. The van der Waals surface area contributed by atoms with Crippen molar-refractivity contribution in [3.8, 4) is 0 Å². The van der Waals surface area contributed by atoms with Gasteiger partial charge in [-0.2, -0.15) is 5.01 Å². The molecule has 18 heavy (non-hydrogen) atoms. The normalized spacial score (nSPS) is 9.44. The van der Waals surface area contributed by atoms with E-state index < -0.39 is 12.0 Å². The Balaban J connectivity index is 2.68. The highest BCUT2D eigenvalue weighted by atomic mass is 16.5. The first-order valence-corrected chi connectivity index (χ1v) is 5.23. The molecule has 96 valence electrons. The van der Waals surface area contributed by atoms with Crippen LogP contribution in [0.5, 0.6) is 0 Å². The third-order valence-corrected chi connectivity index (χ3v) is 2.06. The maximum atomic E-state index is 11.4. The van der Waals surface area contributed by atoms with Gasteiger partial charge < -0.3 is 10.1 Å². The second-order valence-electron chi connectivity index (χ2n) is 3.33. The van der Waals surface area contributed by atoms with E-state index in [0.29, 0.717) is 22.9 Å². The average Bonchev–Trinajstić information content (AvgIpc) is 2.38. The Hall–Kier alpha value is -2.44. The van der Waals surface area contributed by atoms with Gasteiger partial charge in [-0.15, -0.1) is 4.91 Å². The summed E-state index contributed by atoms with van der Waals surface area (Å²) >= 11 is 0. The molecule has 1 N–H and O–H groups in total. The Morgan fingerprint density at radius 2 is 1.94 bits per heavy atom. The Bertz CT molecular complexity index is 444. The van der Waals surface area contributed by atoms with E-state index >= 15 is 0 Å². The van der Waals surface area contributed by atoms with E-state index in [9.17, 15) is 14.5 Å². The number of amides is 2. The number of anilines is 1. The van der Waals surface area contributed by atoms with Crippen LogP contribution in [-0.4, -0.2) is 30.7 Å². The van der Waals surface area contributed by atoms with Gasteiger partial charge in [-0.3, -0.25) is 0 Å². The van der Waals surface area contributed by atoms with E-state index in [0.717, 1.165) is 0 Å². The van der Waals surface area contributed by atoms with Crippen molar-refractivity contribution >= 4 is 17.7 Å². The van der Waals surface area contributed by atoms with Crippen molar-refractivity contribution in [3.63, 3.8) is 0 Å². The molecule has 0 atom stereocenters. The summed E-state index contributed by atoms with van der Waals surface area (Å²) in [5, 5.41) is 5.51. The van der Waals surface area contributed by atoms with Crippen molar-refractivity contribution in [2.45, 2.75) is 6.92 Å². The molecule has 1 rings (SSSR count). The summed E-state index contributed by atoms with van der Waals surface area (Å²) in [4.78, 5) is 32.8. The van der Waals surface area contributed by atoms with Gasteiger partial charge in [0.2, 0.25) is 0 Å².